The number of methoxy groups -OCH3 is 1. The minimum Gasteiger partial charge on any atom is -0.394 e. The summed E-state index contributed by atoms with van der Waals surface area (Å²) in [6.07, 6.45) is 0.727. The van der Waals surface area contributed by atoms with Gasteiger partial charge < -0.3 is 20.5 Å². The van der Waals surface area contributed by atoms with Crippen molar-refractivity contribution in [1.29, 1.82) is 0 Å². The van der Waals surface area contributed by atoms with E-state index in [1.54, 1.807) is 7.11 Å². The standard InChI is InChI=1S/C13H28N2O3/c1-12(2,3)7-10(8-16)15-11(17)14-9-13(4,5)18-6/h10,16H,7-9H2,1-6H3,(H2,14,15,17). The molecule has 0 saturated heterocycles. The van der Waals surface area contributed by atoms with E-state index in [0.717, 1.165) is 6.42 Å². The summed E-state index contributed by atoms with van der Waals surface area (Å²) in [7, 11) is 1.61. The van der Waals surface area contributed by atoms with Gasteiger partial charge in [0, 0.05) is 13.7 Å². The third-order valence-electron chi connectivity index (χ3n) is 2.64. The number of carbonyl (C=O) groups is 1. The van der Waals surface area contributed by atoms with Crippen molar-refractivity contribution in [2.45, 2.75) is 52.7 Å². The van der Waals surface area contributed by atoms with Crippen molar-refractivity contribution >= 4 is 6.03 Å². The molecule has 0 heterocycles. The molecule has 0 aliphatic heterocycles. The minimum atomic E-state index is -0.393. The van der Waals surface area contributed by atoms with Crippen molar-refractivity contribution < 1.29 is 14.6 Å². The highest BCUT2D eigenvalue weighted by Crippen LogP contribution is 2.20. The van der Waals surface area contributed by atoms with Crippen molar-refractivity contribution in [3.63, 3.8) is 0 Å². The quantitative estimate of drug-likeness (QED) is 0.678. The Morgan fingerprint density at radius 3 is 2.22 bits per heavy atom. The normalized spacial score (nSPS) is 14.2. The van der Waals surface area contributed by atoms with Crippen LogP contribution in [0.5, 0.6) is 0 Å². The largest absolute Gasteiger partial charge is 0.394 e. The zero-order valence-electron chi connectivity index (χ0n) is 12.5. The molecule has 0 aliphatic carbocycles. The molecule has 0 aromatic carbocycles. The highest BCUT2D eigenvalue weighted by molar-refractivity contribution is 5.74. The zero-order chi connectivity index (χ0) is 14.4. The Bertz CT molecular complexity index is 259. The Morgan fingerprint density at radius 1 is 1.28 bits per heavy atom. The molecule has 0 radical (unpaired) electrons. The maximum atomic E-state index is 11.7. The lowest BCUT2D eigenvalue weighted by Gasteiger charge is -2.27. The van der Waals surface area contributed by atoms with Gasteiger partial charge in [-0.3, -0.25) is 0 Å². The summed E-state index contributed by atoms with van der Waals surface area (Å²) < 4.78 is 5.21. The number of hydrogen-bond donors (Lipinski definition) is 3. The van der Waals surface area contributed by atoms with Crippen LogP contribution in [0.4, 0.5) is 4.79 Å². The molecule has 0 rings (SSSR count). The van der Waals surface area contributed by atoms with E-state index in [1.165, 1.54) is 0 Å². The molecule has 3 N–H and O–H groups in total. The second-order valence-electron chi connectivity index (χ2n) is 6.44. The monoisotopic (exact) mass is 260 g/mol. The molecule has 1 atom stereocenters. The predicted octanol–water partition coefficient (Wildman–Crippen LogP) is 1.51. The second kappa shape index (κ2) is 6.95. The number of ether oxygens (including phenoxy) is 1. The molecule has 0 spiro atoms. The van der Waals surface area contributed by atoms with Crippen molar-refractivity contribution in [1.82, 2.24) is 10.6 Å². The first-order valence-electron chi connectivity index (χ1n) is 6.30. The van der Waals surface area contributed by atoms with E-state index in [1.807, 2.05) is 13.8 Å². The average molecular weight is 260 g/mol. The Hall–Kier alpha value is -0.810. The number of rotatable bonds is 6. The van der Waals surface area contributed by atoms with Crippen molar-refractivity contribution in [2.75, 3.05) is 20.3 Å². The van der Waals surface area contributed by atoms with E-state index in [2.05, 4.69) is 31.4 Å². The van der Waals surface area contributed by atoms with Crippen LogP contribution in [-0.2, 0) is 4.74 Å². The van der Waals surface area contributed by atoms with Crippen LogP contribution in [0, 0.1) is 5.41 Å². The molecular weight excluding hydrogens is 232 g/mol. The van der Waals surface area contributed by atoms with Gasteiger partial charge in [0.25, 0.3) is 0 Å². The smallest absolute Gasteiger partial charge is 0.315 e. The van der Waals surface area contributed by atoms with Crippen LogP contribution >= 0.6 is 0 Å². The molecule has 0 fully saturated rings. The Kier molecular flexibility index (Phi) is 6.63. The Labute approximate surface area is 110 Å². The highest BCUT2D eigenvalue weighted by atomic mass is 16.5. The fourth-order valence-corrected chi connectivity index (χ4v) is 1.50. The second-order valence-corrected chi connectivity index (χ2v) is 6.44. The summed E-state index contributed by atoms with van der Waals surface area (Å²) in [5, 5.41) is 14.7. The van der Waals surface area contributed by atoms with Gasteiger partial charge in [0.1, 0.15) is 0 Å². The van der Waals surface area contributed by atoms with Gasteiger partial charge in [-0.2, -0.15) is 0 Å². The maximum Gasteiger partial charge on any atom is 0.315 e. The fraction of sp³-hybridized carbons (Fsp3) is 0.923. The van der Waals surface area contributed by atoms with Gasteiger partial charge in [-0.05, 0) is 25.7 Å². The number of nitrogens with one attached hydrogen (secondary N) is 2. The lowest BCUT2D eigenvalue weighted by Crippen LogP contribution is -2.49. The molecule has 18 heavy (non-hydrogen) atoms. The van der Waals surface area contributed by atoms with E-state index in [0.29, 0.717) is 6.54 Å². The summed E-state index contributed by atoms with van der Waals surface area (Å²) in [5.41, 5.74) is -0.331. The topological polar surface area (TPSA) is 70.6 Å². The van der Waals surface area contributed by atoms with Crippen molar-refractivity contribution in [3.05, 3.63) is 0 Å². The number of aliphatic hydroxyl groups is 1. The number of amides is 2. The Morgan fingerprint density at radius 2 is 1.83 bits per heavy atom. The molecule has 0 aromatic heterocycles. The third-order valence-corrected chi connectivity index (χ3v) is 2.64. The number of carbonyl (C=O) groups excluding carboxylic acids is 1. The van der Waals surface area contributed by atoms with Crippen LogP contribution in [-0.4, -0.2) is 43.0 Å². The van der Waals surface area contributed by atoms with Crippen LogP contribution in [0.1, 0.15) is 41.0 Å². The molecule has 0 aromatic rings. The van der Waals surface area contributed by atoms with Gasteiger partial charge in [-0.25, -0.2) is 4.79 Å². The molecule has 5 heteroatoms. The molecular formula is C13H28N2O3. The van der Waals surface area contributed by atoms with Crippen molar-refractivity contribution in [2.24, 2.45) is 5.41 Å². The summed E-state index contributed by atoms with van der Waals surface area (Å²) in [6.45, 7) is 10.4. The van der Waals surface area contributed by atoms with Crippen molar-refractivity contribution in [3.8, 4) is 0 Å². The van der Waals surface area contributed by atoms with E-state index in [4.69, 9.17) is 4.74 Å². The third kappa shape index (κ3) is 8.31. The van der Waals surface area contributed by atoms with E-state index in [9.17, 15) is 9.90 Å². The molecule has 1 unspecified atom stereocenters. The first-order chi connectivity index (χ1) is 8.09. The fourth-order valence-electron chi connectivity index (χ4n) is 1.50. The number of aliphatic hydroxyl groups excluding tert-OH is 1. The molecule has 0 aliphatic rings. The summed E-state index contributed by atoms with van der Waals surface area (Å²) in [6, 6.07) is -0.501. The van der Waals surface area contributed by atoms with Crippen LogP contribution in [0.2, 0.25) is 0 Å². The summed E-state index contributed by atoms with van der Waals surface area (Å²) in [4.78, 5) is 11.7. The van der Waals surface area contributed by atoms with Gasteiger partial charge >= 0.3 is 6.03 Å². The number of urea groups is 1. The van der Waals surface area contributed by atoms with Gasteiger partial charge in [-0.1, -0.05) is 20.8 Å². The van der Waals surface area contributed by atoms with Gasteiger partial charge in [0.2, 0.25) is 0 Å². The van der Waals surface area contributed by atoms with Crippen LogP contribution in [0.15, 0.2) is 0 Å². The predicted molar refractivity (Wildman–Crippen MR) is 72.6 cm³/mol. The SMILES string of the molecule is COC(C)(C)CNC(=O)NC(CO)CC(C)(C)C. The highest BCUT2D eigenvalue weighted by Gasteiger charge is 2.21. The average Bonchev–Trinajstić information content (AvgIpc) is 2.24. The lowest BCUT2D eigenvalue weighted by molar-refractivity contribution is 0.0252. The van der Waals surface area contributed by atoms with Crippen LogP contribution < -0.4 is 10.6 Å². The van der Waals surface area contributed by atoms with Gasteiger partial charge in [0.05, 0.1) is 18.2 Å². The molecule has 0 bridgehead atoms. The number of hydrogen-bond acceptors (Lipinski definition) is 3. The summed E-state index contributed by atoms with van der Waals surface area (Å²) in [5.74, 6) is 0. The first-order valence-corrected chi connectivity index (χ1v) is 6.30. The molecule has 0 saturated carbocycles. The van der Waals surface area contributed by atoms with E-state index >= 15 is 0 Å². The molecule has 108 valence electrons. The van der Waals surface area contributed by atoms with Gasteiger partial charge in [-0.15, -0.1) is 0 Å². The minimum absolute atomic E-state index is 0.0572. The van der Waals surface area contributed by atoms with Crippen LogP contribution in [0.25, 0.3) is 0 Å². The Balaban J connectivity index is 4.13. The van der Waals surface area contributed by atoms with Crippen LogP contribution in [0.3, 0.4) is 0 Å². The molecule has 5 nitrogen and oxygen atoms in total. The lowest BCUT2D eigenvalue weighted by atomic mass is 9.88. The maximum absolute atomic E-state index is 11.7. The zero-order valence-corrected chi connectivity index (χ0v) is 12.5. The van der Waals surface area contributed by atoms with E-state index in [-0.39, 0.29) is 24.1 Å². The van der Waals surface area contributed by atoms with E-state index < -0.39 is 5.60 Å². The summed E-state index contributed by atoms with van der Waals surface area (Å²) >= 11 is 0. The van der Waals surface area contributed by atoms with Gasteiger partial charge in [0.15, 0.2) is 0 Å². The first kappa shape index (κ1) is 17.2. The molecule has 2 amide bonds.